The summed E-state index contributed by atoms with van der Waals surface area (Å²) in [4.78, 5) is 4.17. The van der Waals surface area contributed by atoms with Gasteiger partial charge in [0.15, 0.2) is 0 Å². The molecule has 1 rings (SSSR count). The molecule has 0 atom stereocenters. The van der Waals surface area contributed by atoms with Gasteiger partial charge in [0.1, 0.15) is 0 Å². The highest BCUT2D eigenvalue weighted by Crippen LogP contribution is 2.03. The first-order valence-electron chi connectivity index (χ1n) is 6.38. The Morgan fingerprint density at radius 3 is 2.07 bits per heavy atom. The third-order valence-corrected chi connectivity index (χ3v) is 3.24. The lowest BCUT2D eigenvalue weighted by molar-refractivity contribution is -0.832. The van der Waals surface area contributed by atoms with Crippen LogP contribution in [-0.2, 0) is 0 Å². The van der Waals surface area contributed by atoms with Crippen molar-refractivity contribution in [3.8, 4) is 0 Å². The van der Waals surface area contributed by atoms with Crippen LogP contribution in [0.4, 0.5) is 0 Å². The summed E-state index contributed by atoms with van der Waals surface area (Å²) < 4.78 is 0. The fourth-order valence-corrected chi connectivity index (χ4v) is 2.35. The van der Waals surface area contributed by atoms with E-state index in [0.717, 1.165) is 6.54 Å². The number of hydrogen-bond acceptors (Lipinski definition) is 1. The van der Waals surface area contributed by atoms with Crippen LogP contribution in [0.15, 0.2) is 12.3 Å². The van der Waals surface area contributed by atoms with Crippen molar-refractivity contribution in [1.29, 1.82) is 0 Å². The van der Waals surface area contributed by atoms with Gasteiger partial charge in [-0.25, -0.2) is 0 Å². The molecule has 2 nitrogen and oxygen atoms in total. The Bertz CT molecular complexity index is 183. The number of nitrogens with zero attached hydrogens (tertiary/aromatic N) is 1. The SMILES string of the molecule is CC(C)N(C/C=C/[NH+]1CCCC1)C(C)C. The molecule has 0 spiro atoms. The lowest BCUT2D eigenvalue weighted by atomic mass is 10.2. The molecule has 0 amide bonds. The zero-order chi connectivity index (χ0) is 11.3. The van der Waals surface area contributed by atoms with E-state index < -0.39 is 0 Å². The van der Waals surface area contributed by atoms with Crippen molar-refractivity contribution >= 4 is 0 Å². The molecule has 88 valence electrons. The van der Waals surface area contributed by atoms with E-state index >= 15 is 0 Å². The van der Waals surface area contributed by atoms with Crippen LogP contribution in [0.3, 0.4) is 0 Å². The third kappa shape index (κ3) is 4.35. The normalized spacial score (nSPS) is 19.1. The van der Waals surface area contributed by atoms with E-state index in [-0.39, 0.29) is 0 Å². The van der Waals surface area contributed by atoms with Gasteiger partial charge in [-0.1, -0.05) is 0 Å². The Morgan fingerprint density at radius 2 is 1.60 bits per heavy atom. The maximum Gasteiger partial charge on any atom is 0.0914 e. The van der Waals surface area contributed by atoms with Crippen LogP contribution in [0.1, 0.15) is 40.5 Å². The number of rotatable bonds is 5. The third-order valence-electron chi connectivity index (χ3n) is 3.24. The topological polar surface area (TPSA) is 7.68 Å². The van der Waals surface area contributed by atoms with E-state index in [2.05, 4.69) is 44.9 Å². The van der Waals surface area contributed by atoms with Crippen LogP contribution in [-0.4, -0.2) is 36.6 Å². The number of nitrogens with one attached hydrogen (secondary N) is 1. The molecule has 2 heteroatoms. The second-order valence-electron chi connectivity index (χ2n) is 5.15. The lowest BCUT2D eigenvalue weighted by Crippen LogP contribution is -3.05. The van der Waals surface area contributed by atoms with Crippen LogP contribution in [0.5, 0.6) is 0 Å². The fourth-order valence-electron chi connectivity index (χ4n) is 2.35. The highest BCUT2D eigenvalue weighted by molar-refractivity contribution is 4.81. The van der Waals surface area contributed by atoms with Crippen LogP contribution in [0.25, 0.3) is 0 Å². The molecule has 1 aliphatic rings. The van der Waals surface area contributed by atoms with E-state index in [1.807, 2.05) is 0 Å². The Kier molecular flexibility index (Phi) is 5.34. The summed E-state index contributed by atoms with van der Waals surface area (Å²) >= 11 is 0. The Hall–Kier alpha value is -0.340. The van der Waals surface area contributed by atoms with Gasteiger partial charge in [-0.15, -0.1) is 0 Å². The first-order chi connectivity index (χ1) is 7.11. The van der Waals surface area contributed by atoms with Crippen molar-refractivity contribution in [2.24, 2.45) is 0 Å². The highest BCUT2D eigenvalue weighted by Gasteiger charge is 2.13. The molecule has 0 aromatic carbocycles. The number of hydrogen-bond donors (Lipinski definition) is 1. The molecule has 0 aliphatic carbocycles. The van der Waals surface area contributed by atoms with Gasteiger partial charge in [0.2, 0.25) is 0 Å². The number of likely N-dealkylation sites (tertiary alicyclic amines) is 1. The summed E-state index contributed by atoms with van der Waals surface area (Å²) in [5.41, 5.74) is 0. The van der Waals surface area contributed by atoms with Crippen molar-refractivity contribution in [3.63, 3.8) is 0 Å². The molecule has 1 fully saturated rings. The van der Waals surface area contributed by atoms with Gasteiger partial charge in [0, 0.05) is 31.5 Å². The van der Waals surface area contributed by atoms with E-state index in [4.69, 9.17) is 0 Å². The van der Waals surface area contributed by atoms with Crippen LogP contribution < -0.4 is 4.90 Å². The molecular formula is C13H27N2+. The van der Waals surface area contributed by atoms with Crippen LogP contribution in [0.2, 0.25) is 0 Å². The highest BCUT2D eigenvalue weighted by atomic mass is 15.2. The van der Waals surface area contributed by atoms with Crippen molar-refractivity contribution in [1.82, 2.24) is 4.90 Å². The molecule has 15 heavy (non-hydrogen) atoms. The second kappa shape index (κ2) is 6.29. The minimum Gasteiger partial charge on any atom is -0.309 e. The molecule has 0 aromatic rings. The van der Waals surface area contributed by atoms with E-state index in [0.29, 0.717) is 12.1 Å². The van der Waals surface area contributed by atoms with Gasteiger partial charge in [0.25, 0.3) is 0 Å². The average Bonchev–Trinajstić information content (AvgIpc) is 2.63. The predicted molar refractivity (Wildman–Crippen MR) is 66.0 cm³/mol. The first-order valence-corrected chi connectivity index (χ1v) is 6.38. The predicted octanol–water partition coefficient (Wildman–Crippen LogP) is 1.30. The molecule has 0 unspecified atom stereocenters. The second-order valence-corrected chi connectivity index (χ2v) is 5.15. The zero-order valence-electron chi connectivity index (χ0n) is 10.8. The summed E-state index contributed by atoms with van der Waals surface area (Å²) in [6.07, 6.45) is 7.51. The first kappa shape index (κ1) is 12.7. The molecule has 1 aliphatic heterocycles. The zero-order valence-corrected chi connectivity index (χ0v) is 10.8. The molecule has 0 saturated carbocycles. The largest absolute Gasteiger partial charge is 0.309 e. The Balaban J connectivity index is 2.32. The smallest absolute Gasteiger partial charge is 0.0914 e. The van der Waals surface area contributed by atoms with Gasteiger partial charge in [-0.2, -0.15) is 0 Å². The van der Waals surface area contributed by atoms with E-state index in [9.17, 15) is 0 Å². The van der Waals surface area contributed by atoms with Gasteiger partial charge in [0.05, 0.1) is 19.3 Å². The average molecular weight is 211 g/mol. The molecule has 1 N–H and O–H groups in total. The Labute approximate surface area is 94.9 Å². The minimum atomic E-state index is 0.642. The van der Waals surface area contributed by atoms with Gasteiger partial charge in [-0.05, 0) is 33.8 Å². The van der Waals surface area contributed by atoms with Crippen molar-refractivity contribution < 1.29 is 4.90 Å². The quantitative estimate of drug-likeness (QED) is 0.720. The number of quaternary nitrogens is 1. The Morgan fingerprint density at radius 1 is 1.07 bits per heavy atom. The molecule has 1 heterocycles. The monoisotopic (exact) mass is 211 g/mol. The molecular weight excluding hydrogens is 184 g/mol. The molecule has 0 radical (unpaired) electrons. The molecule has 1 saturated heterocycles. The summed E-state index contributed by atoms with van der Waals surface area (Å²) in [5, 5.41) is 0. The standard InChI is InChI=1S/C13H26N2/c1-12(2)15(13(3)4)11-7-10-14-8-5-6-9-14/h7,10,12-13H,5-6,8-9,11H2,1-4H3/p+1/b10-7+. The summed E-state index contributed by atoms with van der Waals surface area (Å²) in [6, 6.07) is 1.28. The lowest BCUT2D eigenvalue weighted by Gasteiger charge is -2.29. The van der Waals surface area contributed by atoms with Crippen LogP contribution in [0, 0.1) is 0 Å². The van der Waals surface area contributed by atoms with Gasteiger partial charge < -0.3 is 4.90 Å². The van der Waals surface area contributed by atoms with Crippen LogP contribution >= 0.6 is 0 Å². The fraction of sp³-hybridized carbons (Fsp3) is 0.846. The summed E-state index contributed by atoms with van der Waals surface area (Å²) in [7, 11) is 0. The van der Waals surface area contributed by atoms with Gasteiger partial charge in [-0.3, -0.25) is 4.90 Å². The summed E-state index contributed by atoms with van der Waals surface area (Å²) in [5.74, 6) is 0. The minimum absolute atomic E-state index is 0.642. The van der Waals surface area contributed by atoms with E-state index in [1.165, 1.54) is 25.9 Å². The van der Waals surface area contributed by atoms with E-state index in [1.54, 1.807) is 4.90 Å². The molecule has 0 aromatic heterocycles. The summed E-state index contributed by atoms with van der Waals surface area (Å²) in [6.45, 7) is 12.9. The van der Waals surface area contributed by atoms with Crippen molar-refractivity contribution in [2.75, 3.05) is 19.6 Å². The van der Waals surface area contributed by atoms with Crippen molar-refractivity contribution in [2.45, 2.75) is 52.6 Å². The maximum absolute atomic E-state index is 2.52. The molecule has 0 bridgehead atoms. The van der Waals surface area contributed by atoms with Gasteiger partial charge >= 0.3 is 0 Å². The maximum atomic E-state index is 2.52. The van der Waals surface area contributed by atoms with Crippen molar-refractivity contribution in [3.05, 3.63) is 12.3 Å².